The first kappa shape index (κ1) is 20.9. The van der Waals surface area contributed by atoms with Crippen LogP contribution in [0.2, 0.25) is 0 Å². The molecule has 2 aromatic rings. The summed E-state index contributed by atoms with van der Waals surface area (Å²) in [7, 11) is 0. The third kappa shape index (κ3) is 5.37. The fourth-order valence-electron chi connectivity index (χ4n) is 3.50. The molecule has 3 rings (SSSR count). The molecule has 1 aliphatic heterocycles. The monoisotopic (exact) mass is 398 g/mol. The highest BCUT2D eigenvalue weighted by molar-refractivity contribution is 5.96. The number of urea groups is 1. The molecule has 0 spiro atoms. The van der Waals surface area contributed by atoms with E-state index >= 15 is 0 Å². The van der Waals surface area contributed by atoms with Gasteiger partial charge in [-0.25, -0.2) is 4.79 Å². The Kier molecular flexibility index (Phi) is 6.25. The van der Waals surface area contributed by atoms with Crippen molar-refractivity contribution in [2.45, 2.75) is 58.4 Å². The molecule has 0 bridgehead atoms. The van der Waals surface area contributed by atoms with E-state index in [0.717, 1.165) is 12.8 Å². The fourth-order valence-corrected chi connectivity index (χ4v) is 3.50. The molecule has 0 radical (unpaired) electrons. The normalized spacial score (nSPS) is 16.7. The molecular weight excluding hydrogens is 368 g/mol. The zero-order valence-corrected chi connectivity index (χ0v) is 17.6. The lowest BCUT2D eigenvalue weighted by atomic mass is 9.86. The Morgan fingerprint density at radius 3 is 2.59 bits per heavy atom. The maximum Gasteiger partial charge on any atom is 0.318 e. The number of aromatic nitrogens is 1. The van der Waals surface area contributed by atoms with Crippen LogP contribution in [0, 0.1) is 6.92 Å². The number of benzene rings is 1. The Morgan fingerprint density at radius 1 is 1.24 bits per heavy atom. The summed E-state index contributed by atoms with van der Waals surface area (Å²) in [6, 6.07) is 9.47. The van der Waals surface area contributed by atoms with Crippen LogP contribution < -0.4 is 10.6 Å². The molecule has 156 valence electrons. The number of aryl methyl sites for hydroxylation is 1. The molecule has 3 amide bonds. The molecule has 7 heteroatoms. The van der Waals surface area contributed by atoms with E-state index in [1.54, 1.807) is 17.9 Å². The number of nitrogens with one attached hydrogen (secondary N) is 2. The van der Waals surface area contributed by atoms with Gasteiger partial charge in [0.25, 0.3) is 0 Å². The van der Waals surface area contributed by atoms with E-state index < -0.39 is 6.04 Å². The summed E-state index contributed by atoms with van der Waals surface area (Å²) in [6.07, 6.45) is 2.20. The minimum atomic E-state index is -0.488. The van der Waals surface area contributed by atoms with Gasteiger partial charge in [0.2, 0.25) is 5.91 Å². The molecule has 0 aliphatic carbocycles. The molecule has 1 atom stereocenters. The molecule has 1 aromatic carbocycles. The summed E-state index contributed by atoms with van der Waals surface area (Å²) in [5, 5.41) is 9.44. The Bertz CT molecular complexity index is 852. The van der Waals surface area contributed by atoms with Crippen LogP contribution in [0.4, 0.5) is 10.6 Å². The van der Waals surface area contributed by atoms with Crippen LogP contribution in [0.3, 0.4) is 0 Å². The maximum atomic E-state index is 12.6. The Hall–Kier alpha value is -2.83. The Balaban J connectivity index is 1.49. The molecule has 1 aromatic heterocycles. The predicted molar refractivity (Wildman–Crippen MR) is 112 cm³/mol. The van der Waals surface area contributed by atoms with Crippen molar-refractivity contribution in [3.63, 3.8) is 0 Å². The second-order valence-electron chi connectivity index (χ2n) is 8.59. The average molecular weight is 399 g/mol. The highest BCUT2D eigenvalue weighted by atomic mass is 16.5. The molecule has 1 aliphatic rings. The number of anilines is 1. The van der Waals surface area contributed by atoms with Crippen LogP contribution >= 0.6 is 0 Å². The quantitative estimate of drug-likeness (QED) is 0.805. The van der Waals surface area contributed by atoms with Crippen LogP contribution in [-0.2, 0) is 16.6 Å². The van der Waals surface area contributed by atoms with Crippen LogP contribution in [0.15, 0.2) is 34.9 Å². The zero-order valence-electron chi connectivity index (χ0n) is 17.6. The molecule has 0 unspecified atom stereocenters. The van der Waals surface area contributed by atoms with Crippen molar-refractivity contribution in [2.24, 2.45) is 0 Å². The molecule has 2 N–H and O–H groups in total. The molecule has 1 saturated heterocycles. The van der Waals surface area contributed by atoms with Gasteiger partial charge in [-0.3, -0.25) is 4.79 Å². The number of nitrogens with zero attached hydrogens (tertiary/aromatic N) is 2. The van der Waals surface area contributed by atoms with E-state index in [0.29, 0.717) is 31.1 Å². The van der Waals surface area contributed by atoms with Gasteiger partial charge in [0, 0.05) is 19.2 Å². The van der Waals surface area contributed by atoms with Crippen molar-refractivity contribution < 1.29 is 14.1 Å². The van der Waals surface area contributed by atoms with Crippen molar-refractivity contribution in [1.82, 2.24) is 15.4 Å². The van der Waals surface area contributed by atoms with E-state index in [1.807, 2.05) is 0 Å². The summed E-state index contributed by atoms with van der Waals surface area (Å²) in [5.41, 5.74) is 2.59. The Labute approximate surface area is 171 Å². The molecule has 29 heavy (non-hydrogen) atoms. The number of hydrogen-bond donors (Lipinski definition) is 2. The zero-order chi connectivity index (χ0) is 21.0. The van der Waals surface area contributed by atoms with Gasteiger partial charge in [-0.05, 0) is 42.7 Å². The third-order valence-corrected chi connectivity index (χ3v) is 5.21. The number of carbonyl (C=O) groups excluding carboxylic acids is 2. The second kappa shape index (κ2) is 8.68. The SMILES string of the molecule is Cc1cc(NC(=O)[C@@H]2CCCN2C(=O)NCCc2ccc(C(C)(C)C)cc2)no1. The number of hydrogen-bond acceptors (Lipinski definition) is 4. The molecule has 0 saturated carbocycles. The summed E-state index contributed by atoms with van der Waals surface area (Å²) in [4.78, 5) is 26.7. The van der Waals surface area contributed by atoms with Crippen LogP contribution in [-0.4, -0.2) is 41.1 Å². The first-order valence-corrected chi connectivity index (χ1v) is 10.1. The van der Waals surface area contributed by atoms with Crippen LogP contribution in [0.5, 0.6) is 0 Å². The maximum absolute atomic E-state index is 12.6. The van der Waals surface area contributed by atoms with E-state index in [2.05, 4.69) is 60.8 Å². The van der Waals surface area contributed by atoms with Gasteiger partial charge in [0.15, 0.2) is 5.82 Å². The molecule has 1 fully saturated rings. The summed E-state index contributed by atoms with van der Waals surface area (Å²) in [5.74, 6) is 0.763. The van der Waals surface area contributed by atoms with Crippen molar-refractivity contribution in [3.8, 4) is 0 Å². The van der Waals surface area contributed by atoms with Gasteiger partial charge in [-0.1, -0.05) is 50.2 Å². The predicted octanol–water partition coefficient (Wildman–Crippen LogP) is 3.64. The summed E-state index contributed by atoms with van der Waals surface area (Å²) >= 11 is 0. The molecule has 2 heterocycles. The first-order chi connectivity index (χ1) is 13.7. The van der Waals surface area contributed by atoms with E-state index in [-0.39, 0.29) is 17.4 Å². The van der Waals surface area contributed by atoms with Crippen molar-refractivity contribution in [2.75, 3.05) is 18.4 Å². The van der Waals surface area contributed by atoms with Gasteiger partial charge < -0.3 is 20.1 Å². The van der Waals surface area contributed by atoms with Gasteiger partial charge in [0.05, 0.1) is 0 Å². The van der Waals surface area contributed by atoms with Crippen molar-refractivity contribution in [1.29, 1.82) is 0 Å². The third-order valence-electron chi connectivity index (χ3n) is 5.21. The first-order valence-electron chi connectivity index (χ1n) is 10.1. The van der Waals surface area contributed by atoms with E-state index in [4.69, 9.17) is 4.52 Å². The standard InChI is InChI=1S/C22H30N4O3/c1-15-14-19(25-29-15)24-20(27)18-6-5-13-26(18)21(28)23-12-11-16-7-9-17(10-8-16)22(2,3)4/h7-10,14,18H,5-6,11-13H2,1-4H3,(H,23,28)(H,24,25,27)/t18-/m0/s1. The number of amides is 3. The van der Waals surface area contributed by atoms with Gasteiger partial charge >= 0.3 is 6.03 Å². The number of likely N-dealkylation sites (tertiary alicyclic amines) is 1. The Morgan fingerprint density at radius 2 is 1.97 bits per heavy atom. The van der Waals surface area contributed by atoms with Gasteiger partial charge in [0.1, 0.15) is 11.8 Å². The van der Waals surface area contributed by atoms with Gasteiger partial charge in [-0.15, -0.1) is 0 Å². The highest BCUT2D eigenvalue weighted by Gasteiger charge is 2.34. The van der Waals surface area contributed by atoms with E-state index in [1.165, 1.54) is 11.1 Å². The number of rotatable bonds is 5. The average Bonchev–Trinajstić information content (AvgIpc) is 3.30. The second-order valence-corrected chi connectivity index (χ2v) is 8.59. The topological polar surface area (TPSA) is 87.5 Å². The molecular formula is C22H30N4O3. The highest BCUT2D eigenvalue weighted by Crippen LogP contribution is 2.22. The summed E-state index contributed by atoms with van der Waals surface area (Å²) in [6.45, 7) is 9.43. The fraction of sp³-hybridized carbons (Fsp3) is 0.500. The smallest absolute Gasteiger partial charge is 0.318 e. The number of carbonyl (C=O) groups is 2. The lowest BCUT2D eigenvalue weighted by Gasteiger charge is -2.24. The van der Waals surface area contributed by atoms with Crippen molar-refractivity contribution in [3.05, 3.63) is 47.2 Å². The van der Waals surface area contributed by atoms with Gasteiger partial charge in [-0.2, -0.15) is 0 Å². The van der Waals surface area contributed by atoms with Crippen LogP contribution in [0.25, 0.3) is 0 Å². The van der Waals surface area contributed by atoms with E-state index in [9.17, 15) is 9.59 Å². The minimum absolute atomic E-state index is 0.128. The minimum Gasteiger partial charge on any atom is -0.360 e. The lowest BCUT2D eigenvalue weighted by molar-refractivity contribution is -0.119. The summed E-state index contributed by atoms with van der Waals surface area (Å²) < 4.78 is 4.97. The lowest BCUT2D eigenvalue weighted by Crippen LogP contribution is -2.48. The molecule has 7 nitrogen and oxygen atoms in total. The largest absolute Gasteiger partial charge is 0.360 e. The van der Waals surface area contributed by atoms with Crippen LogP contribution in [0.1, 0.15) is 50.5 Å². The van der Waals surface area contributed by atoms with Crippen molar-refractivity contribution >= 4 is 17.8 Å².